The lowest BCUT2D eigenvalue weighted by Crippen LogP contribution is -2.10. The molecule has 6 heteroatoms. The van der Waals surface area contributed by atoms with E-state index >= 15 is 0 Å². The van der Waals surface area contributed by atoms with Crippen LogP contribution in [0.3, 0.4) is 0 Å². The minimum Gasteiger partial charge on any atom is -0.456 e. The van der Waals surface area contributed by atoms with Gasteiger partial charge in [-0.2, -0.15) is 0 Å². The van der Waals surface area contributed by atoms with Crippen molar-refractivity contribution in [3.63, 3.8) is 0 Å². The molecular weight excluding hydrogens is 625 g/mol. The Bertz CT molecular complexity index is 2960. The fourth-order valence-electron chi connectivity index (χ4n) is 7.25. The average Bonchev–Trinajstić information content (AvgIpc) is 3.92. The van der Waals surface area contributed by atoms with Crippen molar-refractivity contribution in [1.29, 1.82) is 0 Å². The molecule has 11 aromatic rings. The van der Waals surface area contributed by atoms with E-state index in [9.17, 15) is 0 Å². The second-order valence-corrected chi connectivity index (χ2v) is 13.4. The first-order valence-electron chi connectivity index (χ1n) is 16.2. The summed E-state index contributed by atoms with van der Waals surface area (Å²) in [6.07, 6.45) is 0. The molecule has 0 saturated heterocycles. The van der Waals surface area contributed by atoms with Crippen molar-refractivity contribution in [1.82, 2.24) is 4.98 Å². The van der Waals surface area contributed by atoms with E-state index in [4.69, 9.17) is 18.2 Å². The predicted molar refractivity (Wildman–Crippen MR) is 202 cm³/mol. The van der Waals surface area contributed by atoms with Crippen LogP contribution in [0.2, 0.25) is 0 Å². The van der Waals surface area contributed by atoms with Crippen molar-refractivity contribution in [2.45, 2.75) is 0 Å². The molecule has 0 bridgehead atoms. The summed E-state index contributed by atoms with van der Waals surface area (Å²) in [4.78, 5) is 7.29. The van der Waals surface area contributed by atoms with Gasteiger partial charge in [-0.05, 0) is 78.9 Å². The van der Waals surface area contributed by atoms with Crippen molar-refractivity contribution in [3.8, 4) is 11.5 Å². The van der Waals surface area contributed by atoms with Crippen LogP contribution < -0.4 is 4.90 Å². The Kier molecular flexibility index (Phi) is 5.48. The quantitative estimate of drug-likeness (QED) is 0.190. The van der Waals surface area contributed by atoms with Crippen molar-refractivity contribution >= 4 is 104 Å². The fraction of sp³-hybridized carbons (Fsp3) is 0. The molecule has 0 amide bonds. The van der Waals surface area contributed by atoms with Gasteiger partial charge in [0.05, 0.1) is 5.69 Å². The van der Waals surface area contributed by atoms with E-state index in [1.54, 1.807) is 11.3 Å². The summed E-state index contributed by atoms with van der Waals surface area (Å²) in [5, 5.41) is 6.66. The summed E-state index contributed by atoms with van der Waals surface area (Å²) in [7, 11) is 0. The van der Waals surface area contributed by atoms with Crippen LogP contribution in [0.4, 0.5) is 17.1 Å². The van der Waals surface area contributed by atoms with Crippen LogP contribution in [0.15, 0.2) is 159 Å². The largest absolute Gasteiger partial charge is 0.456 e. The van der Waals surface area contributed by atoms with E-state index in [0.29, 0.717) is 5.89 Å². The number of fused-ring (bicyclic) bond motifs is 10. The standard InChI is InChI=1S/C43H24N2O3S/c1-2-9-25(10-3-1)43-44-33-23-32-41(24-39(33)48-43)49-40-16-8-13-34(42(32)40)45(26-17-19-37-30(21-26)28-11-4-6-14-35(28)46-37)27-18-20-38-31(22-27)29-12-5-7-15-36(29)47-38/h1-24H. The van der Waals surface area contributed by atoms with Gasteiger partial charge < -0.3 is 18.2 Å². The minimum absolute atomic E-state index is 0.626. The molecule has 4 heterocycles. The third-order valence-corrected chi connectivity index (χ3v) is 10.6. The summed E-state index contributed by atoms with van der Waals surface area (Å²) < 4.78 is 21.1. The number of aromatic nitrogens is 1. The van der Waals surface area contributed by atoms with Crippen LogP contribution in [0, 0.1) is 0 Å². The number of hydrogen-bond acceptors (Lipinski definition) is 6. The maximum Gasteiger partial charge on any atom is 0.227 e. The van der Waals surface area contributed by atoms with Gasteiger partial charge in [-0.3, -0.25) is 0 Å². The fourth-order valence-corrected chi connectivity index (χ4v) is 8.39. The number of rotatable bonds is 4. The summed E-state index contributed by atoms with van der Waals surface area (Å²) in [5.41, 5.74) is 9.22. The first-order valence-corrected chi connectivity index (χ1v) is 17.0. The number of benzene rings is 7. The third-order valence-electron chi connectivity index (χ3n) is 9.48. The number of anilines is 3. The van der Waals surface area contributed by atoms with Crippen LogP contribution in [0.1, 0.15) is 0 Å². The molecule has 11 rings (SSSR count). The zero-order chi connectivity index (χ0) is 32.1. The van der Waals surface area contributed by atoms with E-state index in [2.05, 4.69) is 95.9 Å². The van der Waals surface area contributed by atoms with E-state index in [1.165, 1.54) is 10.1 Å². The van der Waals surface area contributed by atoms with Gasteiger partial charge in [-0.15, -0.1) is 11.3 Å². The molecule has 7 aromatic carbocycles. The Labute approximate surface area is 282 Å². The number of oxazole rings is 1. The van der Waals surface area contributed by atoms with E-state index in [1.807, 2.05) is 54.6 Å². The number of hydrogen-bond donors (Lipinski definition) is 0. The van der Waals surface area contributed by atoms with Gasteiger partial charge in [-0.25, -0.2) is 4.98 Å². The molecule has 0 fully saturated rings. The summed E-state index contributed by atoms with van der Waals surface area (Å²) >= 11 is 1.77. The molecule has 0 spiro atoms. The van der Waals surface area contributed by atoms with Crippen LogP contribution in [0.25, 0.3) is 86.6 Å². The molecule has 0 saturated carbocycles. The topological polar surface area (TPSA) is 55.6 Å². The monoisotopic (exact) mass is 648 g/mol. The summed E-state index contributed by atoms with van der Waals surface area (Å²) in [6.45, 7) is 0. The number of nitrogens with zero attached hydrogens (tertiary/aromatic N) is 2. The molecule has 4 aromatic heterocycles. The first-order chi connectivity index (χ1) is 24.2. The van der Waals surface area contributed by atoms with E-state index in [0.717, 1.165) is 87.7 Å². The lowest BCUT2D eigenvalue weighted by Gasteiger charge is -2.26. The van der Waals surface area contributed by atoms with Crippen LogP contribution in [0.5, 0.6) is 0 Å². The Morgan fingerprint density at radius 1 is 0.449 bits per heavy atom. The Balaban J connectivity index is 1.19. The maximum atomic E-state index is 6.28. The normalized spacial score (nSPS) is 12.1. The van der Waals surface area contributed by atoms with Crippen molar-refractivity contribution in [3.05, 3.63) is 146 Å². The molecule has 230 valence electrons. The molecule has 0 atom stereocenters. The molecule has 0 aliphatic heterocycles. The van der Waals surface area contributed by atoms with Gasteiger partial charge in [-0.1, -0.05) is 60.7 Å². The Morgan fingerprint density at radius 2 is 1.08 bits per heavy atom. The maximum absolute atomic E-state index is 6.28. The highest BCUT2D eigenvalue weighted by Crippen LogP contribution is 2.47. The minimum atomic E-state index is 0.626. The first kappa shape index (κ1) is 26.7. The van der Waals surface area contributed by atoms with Gasteiger partial charge in [0.25, 0.3) is 0 Å². The van der Waals surface area contributed by atoms with Gasteiger partial charge >= 0.3 is 0 Å². The molecule has 0 aliphatic rings. The van der Waals surface area contributed by atoms with Crippen molar-refractivity contribution in [2.75, 3.05) is 4.90 Å². The van der Waals surface area contributed by atoms with Gasteiger partial charge in [0.15, 0.2) is 5.58 Å². The second-order valence-electron chi connectivity index (χ2n) is 12.3. The van der Waals surface area contributed by atoms with Gasteiger partial charge in [0.2, 0.25) is 5.89 Å². The number of thiophene rings is 1. The third kappa shape index (κ3) is 4.01. The van der Waals surface area contributed by atoms with Gasteiger partial charge in [0.1, 0.15) is 27.8 Å². The SMILES string of the molecule is c1ccc(-c2nc3cc4c(cc3o2)sc2cccc(N(c3ccc5oc6ccccc6c5c3)c3ccc5oc6ccccc6c5c3)c24)cc1. The second kappa shape index (κ2) is 10.1. The molecule has 0 unspecified atom stereocenters. The van der Waals surface area contributed by atoms with Crippen molar-refractivity contribution < 1.29 is 13.3 Å². The lowest BCUT2D eigenvalue weighted by molar-refractivity contribution is 0.620. The van der Waals surface area contributed by atoms with Gasteiger partial charge in [0, 0.05) is 64.7 Å². The zero-order valence-corrected chi connectivity index (χ0v) is 26.7. The van der Waals surface area contributed by atoms with Crippen LogP contribution in [-0.2, 0) is 0 Å². The summed E-state index contributed by atoms with van der Waals surface area (Å²) in [5.74, 6) is 0.626. The highest BCUT2D eigenvalue weighted by atomic mass is 32.1. The van der Waals surface area contributed by atoms with Crippen molar-refractivity contribution in [2.24, 2.45) is 0 Å². The molecule has 0 radical (unpaired) electrons. The zero-order valence-electron chi connectivity index (χ0n) is 25.9. The number of furan rings is 2. The molecule has 49 heavy (non-hydrogen) atoms. The van der Waals surface area contributed by atoms with E-state index in [-0.39, 0.29) is 0 Å². The molecule has 0 N–H and O–H groups in total. The Morgan fingerprint density at radius 3 is 1.78 bits per heavy atom. The highest BCUT2D eigenvalue weighted by Gasteiger charge is 2.22. The van der Waals surface area contributed by atoms with Crippen LogP contribution in [-0.4, -0.2) is 4.98 Å². The molecule has 5 nitrogen and oxygen atoms in total. The highest BCUT2D eigenvalue weighted by molar-refractivity contribution is 7.26. The number of para-hydroxylation sites is 2. The average molecular weight is 649 g/mol. The summed E-state index contributed by atoms with van der Waals surface area (Å²) in [6, 6.07) is 50.3. The predicted octanol–water partition coefficient (Wildman–Crippen LogP) is 13.1. The smallest absolute Gasteiger partial charge is 0.227 e. The molecule has 0 aliphatic carbocycles. The van der Waals surface area contributed by atoms with E-state index < -0.39 is 0 Å². The lowest BCUT2D eigenvalue weighted by atomic mass is 10.1. The van der Waals surface area contributed by atoms with Crippen LogP contribution >= 0.6 is 11.3 Å². The molecular formula is C43H24N2O3S. The Hall–Kier alpha value is -6.37.